The van der Waals surface area contributed by atoms with Crippen LogP contribution in [0.15, 0.2) is 35.2 Å². The van der Waals surface area contributed by atoms with Crippen molar-refractivity contribution in [3.8, 4) is 0 Å². The summed E-state index contributed by atoms with van der Waals surface area (Å²) in [7, 11) is -3.86. The van der Waals surface area contributed by atoms with Crippen molar-refractivity contribution < 1.29 is 27.5 Å². The van der Waals surface area contributed by atoms with E-state index >= 15 is 0 Å². The highest BCUT2D eigenvalue weighted by molar-refractivity contribution is 7.92. The van der Waals surface area contributed by atoms with Crippen LogP contribution >= 0.6 is 11.3 Å². The van der Waals surface area contributed by atoms with E-state index in [1.165, 1.54) is 19.1 Å². The van der Waals surface area contributed by atoms with Crippen LogP contribution in [0, 0.1) is 6.92 Å². The van der Waals surface area contributed by atoms with Gasteiger partial charge in [-0.1, -0.05) is 18.2 Å². The lowest BCUT2D eigenvalue weighted by Gasteiger charge is -2.06. The third-order valence-electron chi connectivity index (χ3n) is 3.53. The summed E-state index contributed by atoms with van der Waals surface area (Å²) < 4.78 is 29.5. The van der Waals surface area contributed by atoms with Crippen LogP contribution in [0.5, 0.6) is 0 Å². The number of hydrogen-bond donors (Lipinski definition) is 2. The van der Waals surface area contributed by atoms with Gasteiger partial charge in [-0.05, 0) is 31.5 Å². The molecule has 0 atom stereocenters. The largest absolute Gasteiger partial charge is 0.462 e. The molecule has 0 radical (unpaired) electrons. The number of hydrogen-bond acceptors (Lipinski definition) is 7. The molecule has 2 amide bonds. The van der Waals surface area contributed by atoms with Gasteiger partial charge in [-0.2, -0.15) is 0 Å². The Balaban J connectivity index is 2.28. The molecule has 27 heavy (non-hydrogen) atoms. The number of esters is 1. The highest BCUT2D eigenvalue weighted by Gasteiger charge is 2.26. The maximum absolute atomic E-state index is 12.3. The molecule has 10 heteroatoms. The first-order valence-electron chi connectivity index (χ1n) is 7.85. The van der Waals surface area contributed by atoms with E-state index < -0.39 is 33.4 Å². The number of carbonyl (C=O) groups excluding carboxylic acids is 3. The number of nitrogens with one attached hydrogen (secondary N) is 1. The molecule has 0 aliphatic rings. The highest BCUT2D eigenvalue weighted by Crippen LogP contribution is 2.33. The molecule has 2 rings (SSSR count). The van der Waals surface area contributed by atoms with E-state index in [1.54, 1.807) is 25.1 Å². The Hall–Kier alpha value is -2.72. The number of amides is 2. The zero-order valence-electron chi connectivity index (χ0n) is 14.6. The minimum Gasteiger partial charge on any atom is -0.462 e. The van der Waals surface area contributed by atoms with Gasteiger partial charge in [0.05, 0.1) is 17.1 Å². The molecule has 144 valence electrons. The first kappa shape index (κ1) is 20.6. The van der Waals surface area contributed by atoms with E-state index in [0.717, 1.165) is 11.3 Å². The topological polar surface area (TPSA) is 133 Å². The van der Waals surface area contributed by atoms with Crippen molar-refractivity contribution in [2.75, 3.05) is 17.7 Å². The van der Waals surface area contributed by atoms with Crippen LogP contribution in [-0.2, 0) is 19.4 Å². The Morgan fingerprint density at radius 2 is 1.81 bits per heavy atom. The molecule has 0 aliphatic heterocycles. The van der Waals surface area contributed by atoms with Crippen LogP contribution in [-0.4, -0.2) is 38.6 Å². The molecule has 0 fully saturated rings. The second kappa shape index (κ2) is 8.31. The first-order chi connectivity index (χ1) is 12.7. The summed E-state index contributed by atoms with van der Waals surface area (Å²) in [5.41, 5.74) is 5.57. The molecule has 1 aromatic carbocycles. The van der Waals surface area contributed by atoms with Gasteiger partial charge in [-0.25, -0.2) is 13.2 Å². The second-order valence-corrected chi connectivity index (χ2v) is 8.48. The molecule has 0 unspecified atom stereocenters. The first-order valence-corrected chi connectivity index (χ1v) is 10.3. The second-order valence-electron chi connectivity index (χ2n) is 5.47. The Labute approximate surface area is 160 Å². The molecule has 0 saturated carbocycles. The number of nitrogens with two attached hydrogens (primary N) is 1. The number of primary amides is 1. The monoisotopic (exact) mass is 410 g/mol. The highest BCUT2D eigenvalue weighted by atomic mass is 32.2. The zero-order valence-corrected chi connectivity index (χ0v) is 16.3. The third kappa shape index (κ3) is 4.72. The van der Waals surface area contributed by atoms with Crippen molar-refractivity contribution in [1.82, 2.24) is 0 Å². The summed E-state index contributed by atoms with van der Waals surface area (Å²) in [5.74, 6) is -3.17. The molecule has 3 N–H and O–H groups in total. The van der Waals surface area contributed by atoms with Crippen LogP contribution in [0.4, 0.5) is 5.00 Å². The van der Waals surface area contributed by atoms with Gasteiger partial charge in [0.15, 0.2) is 9.84 Å². The fourth-order valence-electron chi connectivity index (χ4n) is 2.34. The van der Waals surface area contributed by atoms with Gasteiger partial charge in [-0.15, -0.1) is 11.3 Å². The molecule has 0 saturated heterocycles. The number of sulfone groups is 1. The third-order valence-corrected chi connectivity index (χ3v) is 6.35. The van der Waals surface area contributed by atoms with Gasteiger partial charge >= 0.3 is 5.97 Å². The average molecular weight is 410 g/mol. The number of benzene rings is 1. The van der Waals surface area contributed by atoms with Gasteiger partial charge < -0.3 is 15.8 Å². The minimum atomic E-state index is -3.86. The summed E-state index contributed by atoms with van der Waals surface area (Å²) in [6.07, 6.45) is 0. The number of anilines is 1. The van der Waals surface area contributed by atoms with Crippen LogP contribution < -0.4 is 11.1 Å². The SMILES string of the molecule is CCOC(=O)c1sc(NC(=O)CS(=O)(=O)c2ccccc2)c(C(N)=O)c1C. The van der Waals surface area contributed by atoms with Crippen LogP contribution in [0.25, 0.3) is 0 Å². The number of thiophene rings is 1. The maximum Gasteiger partial charge on any atom is 0.348 e. The van der Waals surface area contributed by atoms with Crippen molar-refractivity contribution in [3.05, 3.63) is 46.3 Å². The van der Waals surface area contributed by atoms with E-state index in [4.69, 9.17) is 10.5 Å². The lowest BCUT2D eigenvalue weighted by atomic mass is 10.1. The van der Waals surface area contributed by atoms with Crippen molar-refractivity contribution in [3.63, 3.8) is 0 Å². The van der Waals surface area contributed by atoms with Gasteiger partial charge in [0, 0.05) is 0 Å². The quantitative estimate of drug-likeness (QED) is 0.668. The van der Waals surface area contributed by atoms with Crippen LogP contribution in [0.3, 0.4) is 0 Å². The molecular weight excluding hydrogens is 392 g/mol. The van der Waals surface area contributed by atoms with Crippen molar-refractivity contribution in [1.29, 1.82) is 0 Å². The van der Waals surface area contributed by atoms with E-state index in [2.05, 4.69) is 5.32 Å². The minimum absolute atomic E-state index is 0.00449. The molecule has 2 aromatic rings. The summed E-state index contributed by atoms with van der Waals surface area (Å²) in [6.45, 7) is 3.27. The Kier molecular flexibility index (Phi) is 6.34. The van der Waals surface area contributed by atoms with E-state index in [1.807, 2.05) is 0 Å². The van der Waals surface area contributed by atoms with Crippen LogP contribution in [0.1, 0.15) is 32.5 Å². The van der Waals surface area contributed by atoms with Crippen molar-refractivity contribution in [2.24, 2.45) is 5.73 Å². The lowest BCUT2D eigenvalue weighted by Crippen LogP contribution is -2.24. The molecule has 1 aromatic heterocycles. The van der Waals surface area contributed by atoms with Gasteiger partial charge in [-0.3, -0.25) is 9.59 Å². The fourth-order valence-corrected chi connectivity index (χ4v) is 4.61. The Morgan fingerprint density at radius 3 is 2.37 bits per heavy atom. The smallest absolute Gasteiger partial charge is 0.348 e. The van der Waals surface area contributed by atoms with E-state index in [9.17, 15) is 22.8 Å². The van der Waals surface area contributed by atoms with E-state index in [-0.39, 0.29) is 32.5 Å². The van der Waals surface area contributed by atoms with Gasteiger partial charge in [0.2, 0.25) is 5.91 Å². The predicted octanol–water partition coefficient (Wildman–Crippen LogP) is 1.74. The molecule has 0 aliphatic carbocycles. The number of carbonyl (C=O) groups is 3. The van der Waals surface area contributed by atoms with Gasteiger partial charge in [0.1, 0.15) is 15.6 Å². The standard InChI is InChI=1S/C17H18N2O6S2/c1-3-25-17(22)14-10(2)13(15(18)21)16(26-14)19-12(20)9-27(23,24)11-7-5-4-6-8-11/h4-8H,3,9H2,1-2H3,(H2,18,21)(H,19,20). The Morgan fingerprint density at radius 1 is 1.19 bits per heavy atom. The predicted molar refractivity (Wildman–Crippen MR) is 101 cm³/mol. The maximum atomic E-state index is 12.3. The zero-order chi connectivity index (χ0) is 20.2. The van der Waals surface area contributed by atoms with Crippen molar-refractivity contribution >= 4 is 44.0 Å². The van der Waals surface area contributed by atoms with E-state index in [0.29, 0.717) is 0 Å². The summed E-state index contributed by atoms with van der Waals surface area (Å²) >= 11 is 0.811. The molecule has 0 spiro atoms. The molecule has 1 heterocycles. The number of ether oxygens (including phenoxy) is 1. The fraction of sp³-hybridized carbons (Fsp3) is 0.235. The lowest BCUT2D eigenvalue weighted by molar-refractivity contribution is -0.113. The average Bonchev–Trinajstić information content (AvgIpc) is 2.91. The summed E-state index contributed by atoms with van der Waals surface area (Å²) in [5, 5.41) is 2.38. The summed E-state index contributed by atoms with van der Waals surface area (Å²) in [4.78, 5) is 36.1. The summed E-state index contributed by atoms with van der Waals surface area (Å²) in [6, 6.07) is 7.51. The molecular formula is C17H18N2O6S2. The van der Waals surface area contributed by atoms with Crippen molar-refractivity contribution in [2.45, 2.75) is 18.7 Å². The van der Waals surface area contributed by atoms with Gasteiger partial charge in [0.25, 0.3) is 5.91 Å². The van der Waals surface area contributed by atoms with Crippen LogP contribution in [0.2, 0.25) is 0 Å². The molecule has 0 bridgehead atoms. The molecule has 8 nitrogen and oxygen atoms in total. The Bertz CT molecular complexity index is 980. The number of rotatable bonds is 7. The normalized spacial score (nSPS) is 11.0.